The number of thioether (sulfide) groups is 1. The van der Waals surface area contributed by atoms with Crippen LogP contribution in [0.5, 0.6) is 5.75 Å². The van der Waals surface area contributed by atoms with E-state index in [1.807, 2.05) is 84.9 Å². The van der Waals surface area contributed by atoms with E-state index in [1.54, 1.807) is 44.3 Å². The third-order valence-corrected chi connectivity index (χ3v) is 9.60. The maximum absolute atomic E-state index is 14.3. The summed E-state index contributed by atoms with van der Waals surface area (Å²) in [5.41, 5.74) is 2.73. The van der Waals surface area contributed by atoms with E-state index in [0.29, 0.717) is 36.4 Å². The van der Waals surface area contributed by atoms with E-state index < -0.39 is 47.1 Å². The average Bonchev–Trinajstić information content (AvgIpc) is 3.43. The normalized spacial score (nSPS) is 21.2. The second-order valence-corrected chi connectivity index (χ2v) is 14.0. The van der Waals surface area contributed by atoms with E-state index in [0.717, 1.165) is 16.7 Å². The van der Waals surface area contributed by atoms with Gasteiger partial charge in [0, 0.05) is 18.7 Å². The van der Waals surface area contributed by atoms with Gasteiger partial charge in [0.15, 0.2) is 12.1 Å². The molecule has 3 aliphatic heterocycles. The molecule has 0 spiro atoms. The first-order valence-corrected chi connectivity index (χ1v) is 17.1. The third-order valence-electron chi connectivity index (χ3n) is 8.41. The standard InChI is InChI=1S/C38H39N3O7S/c1-38(2,3)48-37(45)39-30-34(43)41-31(36(44)47-32(25-13-7-5-8-14-25)26-15-9-6-10-16-26)28(23-49-35(30)41)21-27-18-19-40(33(27)42)22-24-12-11-17-29(20-24)46-4/h5-17,20-21,23,30-32,35H,18-19,22H2,1-4H3,(H,39,45)/b27-21+/t30-,31-,35-/m1/s1. The Morgan fingerprint density at radius 1 is 0.980 bits per heavy atom. The summed E-state index contributed by atoms with van der Waals surface area (Å²) in [6.45, 7) is 6.14. The largest absolute Gasteiger partial charge is 0.497 e. The Kier molecular flexibility index (Phi) is 9.82. The maximum Gasteiger partial charge on any atom is 0.408 e. The molecule has 2 saturated heterocycles. The van der Waals surface area contributed by atoms with Crippen molar-refractivity contribution in [2.24, 2.45) is 0 Å². The molecule has 0 unspecified atom stereocenters. The number of nitrogens with one attached hydrogen (secondary N) is 1. The maximum atomic E-state index is 14.3. The zero-order valence-electron chi connectivity index (χ0n) is 27.8. The van der Waals surface area contributed by atoms with Gasteiger partial charge in [-0.15, -0.1) is 11.8 Å². The summed E-state index contributed by atoms with van der Waals surface area (Å²) in [5, 5.41) is 3.88. The number of hydrogen-bond donors (Lipinski definition) is 1. The van der Waals surface area contributed by atoms with E-state index in [1.165, 1.54) is 16.7 Å². The number of benzene rings is 3. The number of ether oxygens (including phenoxy) is 3. The van der Waals surface area contributed by atoms with Crippen molar-refractivity contribution in [3.63, 3.8) is 0 Å². The highest BCUT2D eigenvalue weighted by molar-refractivity contribution is 8.03. The SMILES string of the molecule is COc1cccc(CN2CC/C(=C\C3=CS[C@@H]4[C@H](NC(=O)OC(C)(C)C)C(=O)N4[C@H]3C(=O)OC(c3ccccc3)c3ccccc3)C2=O)c1. The van der Waals surface area contributed by atoms with Crippen LogP contribution in [0.3, 0.4) is 0 Å². The monoisotopic (exact) mass is 681 g/mol. The van der Waals surface area contributed by atoms with E-state index >= 15 is 0 Å². The quantitative estimate of drug-likeness (QED) is 0.173. The van der Waals surface area contributed by atoms with Crippen LogP contribution in [0.2, 0.25) is 0 Å². The number of rotatable bonds is 9. The molecule has 49 heavy (non-hydrogen) atoms. The lowest BCUT2D eigenvalue weighted by Gasteiger charge is -2.51. The predicted molar refractivity (Wildman–Crippen MR) is 185 cm³/mol. The number of alkyl carbamates (subject to hydrolysis) is 1. The molecule has 3 aromatic carbocycles. The van der Waals surface area contributed by atoms with Crippen molar-refractivity contribution in [2.75, 3.05) is 13.7 Å². The third kappa shape index (κ3) is 7.51. The fourth-order valence-electron chi connectivity index (χ4n) is 6.12. The summed E-state index contributed by atoms with van der Waals surface area (Å²) in [5.74, 6) is -0.520. The molecular weight excluding hydrogens is 642 g/mol. The van der Waals surface area contributed by atoms with Gasteiger partial charge in [-0.05, 0) is 73.1 Å². The molecule has 11 heteroatoms. The van der Waals surface area contributed by atoms with Gasteiger partial charge in [0.1, 0.15) is 22.8 Å². The molecule has 0 aliphatic carbocycles. The molecule has 2 fully saturated rings. The number of fused-ring (bicyclic) bond motifs is 1. The van der Waals surface area contributed by atoms with Crippen LogP contribution in [-0.2, 0) is 30.4 Å². The van der Waals surface area contributed by atoms with Gasteiger partial charge in [-0.1, -0.05) is 72.8 Å². The van der Waals surface area contributed by atoms with E-state index in [9.17, 15) is 19.2 Å². The number of hydrogen-bond acceptors (Lipinski definition) is 8. The van der Waals surface area contributed by atoms with Gasteiger partial charge >= 0.3 is 12.1 Å². The number of esters is 1. The van der Waals surface area contributed by atoms with Crippen LogP contribution >= 0.6 is 11.8 Å². The van der Waals surface area contributed by atoms with Crippen molar-refractivity contribution >= 4 is 35.6 Å². The van der Waals surface area contributed by atoms with Crippen LogP contribution in [-0.4, -0.2) is 70.4 Å². The minimum absolute atomic E-state index is 0.145. The van der Waals surface area contributed by atoms with Crippen LogP contribution in [0.25, 0.3) is 0 Å². The lowest BCUT2D eigenvalue weighted by Crippen LogP contribution is -2.74. The van der Waals surface area contributed by atoms with E-state index in [2.05, 4.69) is 5.32 Å². The number of carbonyl (C=O) groups is 4. The van der Waals surface area contributed by atoms with Crippen molar-refractivity contribution in [3.8, 4) is 5.75 Å². The summed E-state index contributed by atoms with van der Waals surface area (Å²) >= 11 is 1.30. The van der Waals surface area contributed by atoms with Crippen LogP contribution < -0.4 is 10.1 Å². The molecule has 0 saturated carbocycles. The number of carbonyl (C=O) groups excluding carboxylic acids is 4. The van der Waals surface area contributed by atoms with Crippen LogP contribution in [0.1, 0.15) is 50.0 Å². The first-order chi connectivity index (χ1) is 23.5. The lowest BCUT2D eigenvalue weighted by atomic mass is 9.95. The highest BCUT2D eigenvalue weighted by Crippen LogP contribution is 2.42. The minimum Gasteiger partial charge on any atom is -0.497 e. The Morgan fingerprint density at radius 2 is 1.65 bits per heavy atom. The number of amides is 3. The highest BCUT2D eigenvalue weighted by Gasteiger charge is 2.56. The van der Waals surface area contributed by atoms with Crippen molar-refractivity contribution in [1.82, 2.24) is 15.1 Å². The fraction of sp³-hybridized carbons (Fsp3) is 0.316. The molecule has 0 aromatic heterocycles. The second-order valence-electron chi connectivity index (χ2n) is 13.1. The molecule has 0 bridgehead atoms. The lowest BCUT2D eigenvalue weighted by molar-refractivity contribution is -0.164. The van der Waals surface area contributed by atoms with Crippen LogP contribution in [0.4, 0.5) is 4.79 Å². The summed E-state index contributed by atoms with van der Waals surface area (Å²) < 4.78 is 17.0. The molecule has 10 nitrogen and oxygen atoms in total. The number of nitrogens with zero attached hydrogens (tertiary/aromatic N) is 2. The first-order valence-electron chi connectivity index (χ1n) is 16.1. The average molecular weight is 682 g/mol. The molecular formula is C38H39N3O7S. The predicted octanol–water partition coefficient (Wildman–Crippen LogP) is 5.75. The minimum atomic E-state index is -1.14. The molecule has 254 valence electrons. The Labute approximate surface area is 290 Å². The van der Waals surface area contributed by atoms with Crippen LogP contribution in [0, 0.1) is 0 Å². The van der Waals surface area contributed by atoms with Gasteiger partial charge < -0.3 is 29.3 Å². The Balaban J connectivity index is 1.29. The molecule has 0 radical (unpaired) electrons. The topological polar surface area (TPSA) is 114 Å². The Hall–Kier alpha value is -5.03. The summed E-state index contributed by atoms with van der Waals surface area (Å²) in [6, 6.07) is 24.3. The zero-order chi connectivity index (χ0) is 34.7. The van der Waals surface area contributed by atoms with Crippen molar-refractivity contribution < 1.29 is 33.4 Å². The zero-order valence-corrected chi connectivity index (χ0v) is 28.6. The van der Waals surface area contributed by atoms with Crippen molar-refractivity contribution in [3.05, 3.63) is 124 Å². The van der Waals surface area contributed by atoms with Gasteiger partial charge in [-0.25, -0.2) is 9.59 Å². The fourth-order valence-corrected chi connectivity index (χ4v) is 7.31. The Bertz CT molecular complexity index is 1750. The van der Waals surface area contributed by atoms with Gasteiger partial charge in [0.2, 0.25) is 11.8 Å². The molecule has 3 heterocycles. The second kappa shape index (κ2) is 14.2. The molecule has 3 aromatic rings. The molecule has 1 N–H and O–H groups in total. The van der Waals surface area contributed by atoms with Gasteiger partial charge in [-0.3, -0.25) is 9.59 Å². The van der Waals surface area contributed by atoms with E-state index in [4.69, 9.17) is 14.2 Å². The van der Waals surface area contributed by atoms with E-state index in [-0.39, 0.29) is 5.91 Å². The highest BCUT2D eigenvalue weighted by atomic mass is 32.2. The molecule has 3 aliphatic rings. The summed E-state index contributed by atoms with van der Waals surface area (Å²) in [4.78, 5) is 57.4. The summed E-state index contributed by atoms with van der Waals surface area (Å²) in [7, 11) is 1.60. The molecule has 3 atom stereocenters. The molecule has 3 amide bonds. The Morgan fingerprint density at radius 3 is 2.29 bits per heavy atom. The van der Waals surface area contributed by atoms with Gasteiger partial charge in [-0.2, -0.15) is 0 Å². The van der Waals surface area contributed by atoms with Crippen molar-refractivity contribution in [1.29, 1.82) is 0 Å². The smallest absolute Gasteiger partial charge is 0.408 e. The van der Waals surface area contributed by atoms with Gasteiger partial charge in [0.25, 0.3) is 0 Å². The van der Waals surface area contributed by atoms with Crippen LogP contribution in [0.15, 0.2) is 108 Å². The van der Waals surface area contributed by atoms with Gasteiger partial charge in [0.05, 0.1) is 7.11 Å². The number of methoxy groups -OCH3 is 1. The van der Waals surface area contributed by atoms with Crippen molar-refractivity contribution in [2.45, 2.75) is 62.9 Å². The summed E-state index contributed by atoms with van der Waals surface area (Å²) in [6.07, 6.45) is 0.729. The molecule has 6 rings (SSSR count). The number of likely N-dealkylation sites (tertiary alicyclic amines) is 1. The number of β-lactam (4-membered cyclic amide) rings is 1. The first kappa shape index (κ1) is 33.9.